The van der Waals surface area contributed by atoms with Crippen LogP contribution < -0.4 is 15.6 Å². The van der Waals surface area contributed by atoms with Gasteiger partial charge < -0.3 is 9.84 Å². The van der Waals surface area contributed by atoms with E-state index in [2.05, 4.69) is 26.8 Å². The van der Waals surface area contributed by atoms with E-state index >= 15 is 0 Å². The molecule has 0 saturated carbocycles. The Morgan fingerprint density at radius 2 is 1.60 bits per heavy atom. The molecule has 0 unspecified atom stereocenters. The number of carboxylic acid groups (broad SMARTS) is 1. The van der Waals surface area contributed by atoms with Crippen molar-refractivity contribution in [3.05, 3.63) is 64.1 Å². The molecule has 3 N–H and O–H groups in total. The van der Waals surface area contributed by atoms with Crippen LogP contribution in [0.25, 0.3) is 0 Å². The van der Waals surface area contributed by atoms with Crippen molar-refractivity contribution in [3.63, 3.8) is 0 Å². The van der Waals surface area contributed by atoms with Gasteiger partial charge in [-0.2, -0.15) is 0 Å². The van der Waals surface area contributed by atoms with E-state index in [1.165, 1.54) is 31.2 Å². The number of ether oxygens (including phenoxy) is 1. The van der Waals surface area contributed by atoms with Crippen molar-refractivity contribution in [2.24, 2.45) is 0 Å². The SMILES string of the molecule is C[C@@H](Oc1ccc(Br)cc1)C(=O)NNC(=O)c1ccccc1C(=O)O. The second-order valence-corrected chi connectivity index (χ2v) is 5.92. The Morgan fingerprint density at radius 3 is 2.20 bits per heavy atom. The lowest BCUT2D eigenvalue weighted by Gasteiger charge is -2.15. The van der Waals surface area contributed by atoms with E-state index in [0.717, 1.165) is 4.47 Å². The highest BCUT2D eigenvalue weighted by molar-refractivity contribution is 9.10. The summed E-state index contributed by atoms with van der Waals surface area (Å²) in [7, 11) is 0. The lowest BCUT2D eigenvalue weighted by Crippen LogP contribution is -2.47. The number of hydrazine groups is 1. The third-order valence-electron chi connectivity index (χ3n) is 3.20. The van der Waals surface area contributed by atoms with Gasteiger partial charge in [0.1, 0.15) is 5.75 Å². The summed E-state index contributed by atoms with van der Waals surface area (Å²) in [4.78, 5) is 35.2. The van der Waals surface area contributed by atoms with Gasteiger partial charge in [0.15, 0.2) is 6.10 Å². The first-order valence-electron chi connectivity index (χ1n) is 7.23. The number of carbonyl (C=O) groups is 3. The normalized spacial score (nSPS) is 11.3. The van der Waals surface area contributed by atoms with Gasteiger partial charge >= 0.3 is 5.97 Å². The van der Waals surface area contributed by atoms with Gasteiger partial charge in [-0.1, -0.05) is 28.1 Å². The Kier molecular flexibility index (Phi) is 6.13. The molecule has 0 fully saturated rings. The molecular formula is C17H15BrN2O5. The fourth-order valence-corrected chi connectivity index (χ4v) is 2.19. The third kappa shape index (κ3) is 5.05. The maximum Gasteiger partial charge on any atom is 0.336 e. The largest absolute Gasteiger partial charge is 0.481 e. The zero-order valence-corrected chi connectivity index (χ0v) is 14.7. The molecule has 2 aromatic rings. The first kappa shape index (κ1) is 18.5. The Labute approximate surface area is 152 Å². The highest BCUT2D eigenvalue weighted by Gasteiger charge is 2.19. The van der Waals surface area contributed by atoms with E-state index in [0.29, 0.717) is 5.75 Å². The van der Waals surface area contributed by atoms with E-state index in [-0.39, 0.29) is 11.1 Å². The summed E-state index contributed by atoms with van der Waals surface area (Å²) in [6, 6.07) is 12.6. The minimum atomic E-state index is -1.23. The zero-order valence-electron chi connectivity index (χ0n) is 13.2. The zero-order chi connectivity index (χ0) is 18.4. The first-order valence-corrected chi connectivity index (χ1v) is 8.02. The fraction of sp³-hybridized carbons (Fsp3) is 0.118. The molecule has 0 heterocycles. The molecule has 0 spiro atoms. The summed E-state index contributed by atoms with van der Waals surface area (Å²) >= 11 is 3.30. The molecule has 7 nitrogen and oxygen atoms in total. The van der Waals surface area contributed by atoms with Crippen LogP contribution in [0.2, 0.25) is 0 Å². The van der Waals surface area contributed by atoms with Gasteiger partial charge in [-0.25, -0.2) is 4.79 Å². The number of rotatable bonds is 5. The molecular weight excluding hydrogens is 392 g/mol. The predicted octanol–water partition coefficient (Wildman–Crippen LogP) is 2.38. The predicted molar refractivity (Wildman–Crippen MR) is 93.2 cm³/mol. The summed E-state index contributed by atoms with van der Waals surface area (Å²) in [5.74, 6) is -2.05. The topological polar surface area (TPSA) is 105 Å². The first-order chi connectivity index (χ1) is 11.9. The van der Waals surface area contributed by atoms with Gasteiger partial charge in [0.25, 0.3) is 11.8 Å². The molecule has 0 aliphatic carbocycles. The summed E-state index contributed by atoms with van der Waals surface area (Å²) in [6.07, 6.45) is -0.865. The van der Waals surface area contributed by atoms with E-state index in [1.54, 1.807) is 24.3 Å². The number of carbonyl (C=O) groups excluding carboxylic acids is 2. The highest BCUT2D eigenvalue weighted by Crippen LogP contribution is 2.17. The van der Waals surface area contributed by atoms with E-state index in [4.69, 9.17) is 9.84 Å². The molecule has 130 valence electrons. The molecule has 0 saturated heterocycles. The van der Waals surface area contributed by atoms with Crippen LogP contribution in [-0.2, 0) is 4.79 Å². The lowest BCUT2D eigenvalue weighted by atomic mass is 10.1. The van der Waals surface area contributed by atoms with Crippen LogP contribution in [0, 0.1) is 0 Å². The molecule has 0 radical (unpaired) electrons. The van der Waals surface area contributed by atoms with Crippen molar-refractivity contribution in [1.29, 1.82) is 0 Å². The van der Waals surface area contributed by atoms with E-state index in [9.17, 15) is 14.4 Å². The molecule has 0 aliphatic heterocycles. The number of carboxylic acids is 1. The van der Waals surface area contributed by atoms with Gasteiger partial charge in [-0.05, 0) is 43.3 Å². The minimum Gasteiger partial charge on any atom is -0.481 e. The van der Waals surface area contributed by atoms with Crippen LogP contribution in [0.3, 0.4) is 0 Å². The van der Waals surface area contributed by atoms with Gasteiger partial charge in [0.05, 0.1) is 11.1 Å². The molecule has 8 heteroatoms. The summed E-state index contributed by atoms with van der Waals surface area (Å²) in [5, 5.41) is 9.07. The van der Waals surface area contributed by atoms with Crippen LogP contribution in [0.15, 0.2) is 53.0 Å². The molecule has 0 aromatic heterocycles. The molecule has 0 aliphatic rings. The van der Waals surface area contributed by atoms with Crippen LogP contribution in [-0.4, -0.2) is 29.0 Å². The smallest absolute Gasteiger partial charge is 0.336 e. The van der Waals surface area contributed by atoms with Gasteiger partial charge in [-0.3, -0.25) is 20.4 Å². The van der Waals surface area contributed by atoms with Crippen molar-refractivity contribution >= 4 is 33.7 Å². The monoisotopic (exact) mass is 406 g/mol. The average Bonchev–Trinajstić information content (AvgIpc) is 2.61. The number of hydrogen-bond acceptors (Lipinski definition) is 4. The third-order valence-corrected chi connectivity index (χ3v) is 3.73. The number of benzene rings is 2. The van der Waals surface area contributed by atoms with Crippen LogP contribution in [0.1, 0.15) is 27.6 Å². The lowest BCUT2D eigenvalue weighted by molar-refractivity contribution is -0.128. The number of amides is 2. The summed E-state index contributed by atoms with van der Waals surface area (Å²) < 4.78 is 6.33. The Morgan fingerprint density at radius 1 is 1.00 bits per heavy atom. The van der Waals surface area contributed by atoms with Crippen molar-refractivity contribution in [2.45, 2.75) is 13.0 Å². The van der Waals surface area contributed by atoms with Gasteiger partial charge in [-0.15, -0.1) is 0 Å². The quantitative estimate of drug-likeness (QED) is 0.661. The number of halogens is 1. The second-order valence-electron chi connectivity index (χ2n) is 5.01. The maximum absolute atomic E-state index is 12.1. The van der Waals surface area contributed by atoms with Crippen molar-refractivity contribution in [2.75, 3.05) is 0 Å². The Balaban J connectivity index is 1.94. The van der Waals surface area contributed by atoms with E-state index in [1.807, 2.05) is 0 Å². The second kappa shape index (κ2) is 8.29. The molecule has 2 aromatic carbocycles. The van der Waals surface area contributed by atoms with Crippen LogP contribution >= 0.6 is 15.9 Å². The van der Waals surface area contributed by atoms with E-state index < -0.39 is 23.9 Å². The minimum absolute atomic E-state index is 0.0585. The average molecular weight is 407 g/mol. The summed E-state index contributed by atoms with van der Waals surface area (Å²) in [5.41, 5.74) is 4.18. The fourth-order valence-electron chi connectivity index (χ4n) is 1.93. The van der Waals surface area contributed by atoms with Gasteiger partial charge in [0.2, 0.25) is 0 Å². The number of aromatic carboxylic acids is 1. The highest BCUT2D eigenvalue weighted by atomic mass is 79.9. The molecule has 2 rings (SSSR count). The van der Waals surface area contributed by atoms with Crippen LogP contribution in [0.4, 0.5) is 0 Å². The maximum atomic E-state index is 12.1. The summed E-state index contributed by atoms with van der Waals surface area (Å²) in [6.45, 7) is 1.52. The van der Waals surface area contributed by atoms with Gasteiger partial charge in [0, 0.05) is 4.47 Å². The molecule has 1 atom stereocenters. The number of nitrogens with one attached hydrogen (secondary N) is 2. The Hall–Kier alpha value is -2.87. The van der Waals surface area contributed by atoms with Crippen LogP contribution in [0.5, 0.6) is 5.75 Å². The van der Waals surface area contributed by atoms with Crippen molar-refractivity contribution < 1.29 is 24.2 Å². The standard InChI is InChI=1S/C17H15BrN2O5/c1-10(25-12-8-6-11(18)7-9-12)15(21)19-20-16(22)13-4-2-3-5-14(13)17(23)24/h2-10H,1H3,(H,19,21)(H,20,22)(H,23,24)/t10-/m1/s1. The molecule has 25 heavy (non-hydrogen) atoms. The molecule has 0 bridgehead atoms. The Bertz CT molecular complexity index is 792. The van der Waals surface area contributed by atoms with Crippen molar-refractivity contribution in [3.8, 4) is 5.75 Å². The molecule has 2 amide bonds. The van der Waals surface area contributed by atoms with Crippen molar-refractivity contribution in [1.82, 2.24) is 10.9 Å². The number of hydrogen-bond donors (Lipinski definition) is 3.